The molecule has 2 saturated heterocycles. The van der Waals surface area contributed by atoms with Crippen LogP contribution in [-0.4, -0.2) is 48.7 Å². The van der Waals surface area contributed by atoms with Crippen molar-refractivity contribution in [1.29, 1.82) is 0 Å². The predicted octanol–water partition coefficient (Wildman–Crippen LogP) is 2.12. The van der Waals surface area contributed by atoms with Crippen LogP contribution >= 0.6 is 0 Å². The number of fused-ring (bicyclic) bond motifs is 1. The summed E-state index contributed by atoms with van der Waals surface area (Å²) >= 11 is 0. The third kappa shape index (κ3) is 3.05. The Morgan fingerprint density at radius 3 is 2.75 bits per heavy atom. The van der Waals surface area contributed by atoms with Gasteiger partial charge in [0.05, 0.1) is 0 Å². The molecule has 2 N–H and O–H groups in total. The Labute approximate surface area is 123 Å². The lowest BCUT2D eigenvalue weighted by molar-refractivity contribution is 0.172. The van der Waals surface area contributed by atoms with Crippen LogP contribution < -0.4 is 10.6 Å². The number of hydrogen-bond donors (Lipinski definition) is 2. The Morgan fingerprint density at radius 2 is 1.85 bits per heavy atom. The van der Waals surface area contributed by atoms with Gasteiger partial charge in [0.15, 0.2) is 0 Å². The van der Waals surface area contributed by atoms with Crippen molar-refractivity contribution in [3.63, 3.8) is 0 Å². The van der Waals surface area contributed by atoms with Crippen LogP contribution in [0.4, 0.5) is 0 Å². The van der Waals surface area contributed by atoms with E-state index in [-0.39, 0.29) is 0 Å². The molecule has 2 aliphatic carbocycles. The molecule has 114 valence electrons. The van der Waals surface area contributed by atoms with Gasteiger partial charge in [-0.25, -0.2) is 0 Å². The zero-order valence-corrected chi connectivity index (χ0v) is 12.8. The summed E-state index contributed by atoms with van der Waals surface area (Å²) in [4.78, 5) is 2.71. The summed E-state index contributed by atoms with van der Waals surface area (Å²) in [6.07, 6.45) is 13.0. The van der Waals surface area contributed by atoms with Crippen LogP contribution in [0.5, 0.6) is 0 Å². The molecule has 0 spiro atoms. The average molecular weight is 277 g/mol. The Bertz CT molecular complexity index is 328. The first-order valence-electron chi connectivity index (χ1n) is 9.12. The largest absolute Gasteiger partial charge is 0.311 e. The molecule has 4 atom stereocenters. The van der Waals surface area contributed by atoms with E-state index in [4.69, 9.17) is 0 Å². The highest BCUT2D eigenvalue weighted by molar-refractivity contribution is 4.94. The second-order valence-electron chi connectivity index (χ2n) is 7.71. The predicted molar refractivity (Wildman–Crippen MR) is 82.9 cm³/mol. The summed E-state index contributed by atoms with van der Waals surface area (Å²) < 4.78 is 0. The summed E-state index contributed by atoms with van der Waals surface area (Å²) in [5.74, 6) is 0.997. The van der Waals surface area contributed by atoms with Crippen molar-refractivity contribution in [2.45, 2.75) is 82.0 Å². The monoisotopic (exact) mass is 277 g/mol. The fourth-order valence-electron chi connectivity index (χ4n) is 4.77. The molecule has 0 radical (unpaired) electrons. The van der Waals surface area contributed by atoms with Gasteiger partial charge < -0.3 is 10.6 Å². The number of likely N-dealkylation sites (tertiary alicyclic amines) is 1. The fourth-order valence-corrected chi connectivity index (χ4v) is 4.77. The first-order chi connectivity index (χ1) is 9.88. The minimum atomic E-state index is 0.740. The van der Waals surface area contributed by atoms with E-state index in [0.717, 1.165) is 30.1 Å². The third-order valence-corrected chi connectivity index (χ3v) is 6.18. The molecule has 2 aliphatic heterocycles. The highest BCUT2D eigenvalue weighted by atomic mass is 15.2. The molecule has 0 aromatic carbocycles. The summed E-state index contributed by atoms with van der Waals surface area (Å²) in [6.45, 7) is 3.85. The molecule has 4 aliphatic rings. The van der Waals surface area contributed by atoms with Crippen LogP contribution in [0.25, 0.3) is 0 Å². The Balaban J connectivity index is 1.20. The van der Waals surface area contributed by atoms with Gasteiger partial charge in [0.25, 0.3) is 0 Å². The van der Waals surface area contributed by atoms with Crippen molar-refractivity contribution < 1.29 is 0 Å². The lowest BCUT2D eigenvalue weighted by atomic mass is 9.78. The maximum atomic E-state index is 3.95. The second kappa shape index (κ2) is 5.94. The first kappa shape index (κ1) is 13.5. The molecule has 20 heavy (non-hydrogen) atoms. The molecule has 2 saturated carbocycles. The topological polar surface area (TPSA) is 27.3 Å². The van der Waals surface area contributed by atoms with Crippen LogP contribution in [0.3, 0.4) is 0 Å². The van der Waals surface area contributed by atoms with E-state index in [1.165, 1.54) is 77.4 Å². The maximum absolute atomic E-state index is 3.95. The molecule has 0 aromatic heterocycles. The number of rotatable bonds is 4. The van der Waals surface area contributed by atoms with E-state index in [9.17, 15) is 0 Å². The Morgan fingerprint density at radius 1 is 0.950 bits per heavy atom. The van der Waals surface area contributed by atoms with E-state index in [2.05, 4.69) is 15.5 Å². The average Bonchev–Trinajstić information content (AvgIpc) is 3.24. The number of nitrogens with zero attached hydrogens (tertiary/aromatic N) is 1. The molecule has 4 fully saturated rings. The van der Waals surface area contributed by atoms with Gasteiger partial charge in [-0.1, -0.05) is 12.8 Å². The van der Waals surface area contributed by atoms with Crippen LogP contribution in [0.15, 0.2) is 0 Å². The van der Waals surface area contributed by atoms with E-state index in [1.807, 2.05) is 0 Å². The fraction of sp³-hybridized carbons (Fsp3) is 1.00. The number of hydrogen-bond acceptors (Lipinski definition) is 3. The van der Waals surface area contributed by atoms with E-state index in [0.29, 0.717) is 0 Å². The molecule has 4 rings (SSSR count). The quantitative estimate of drug-likeness (QED) is 0.824. The van der Waals surface area contributed by atoms with Gasteiger partial charge in [-0.15, -0.1) is 0 Å². The molecule has 0 aromatic rings. The van der Waals surface area contributed by atoms with Gasteiger partial charge in [0.1, 0.15) is 0 Å². The zero-order chi connectivity index (χ0) is 13.4. The SMILES string of the molecule is C1CCC2NC(CNC3CCN(C4CC4)C3)CCC2C1. The zero-order valence-electron chi connectivity index (χ0n) is 12.8. The molecule has 3 heteroatoms. The van der Waals surface area contributed by atoms with Crippen LogP contribution in [0, 0.1) is 5.92 Å². The summed E-state index contributed by atoms with van der Waals surface area (Å²) in [7, 11) is 0. The van der Waals surface area contributed by atoms with Gasteiger partial charge in [-0.05, 0) is 50.9 Å². The van der Waals surface area contributed by atoms with Gasteiger partial charge in [0, 0.05) is 43.8 Å². The lowest BCUT2D eigenvalue weighted by Crippen LogP contribution is -2.53. The van der Waals surface area contributed by atoms with Crippen molar-refractivity contribution >= 4 is 0 Å². The van der Waals surface area contributed by atoms with Crippen LogP contribution in [-0.2, 0) is 0 Å². The summed E-state index contributed by atoms with van der Waals surface area (Å²) in [5.41, 5.74) is 0. The lowest BCUT2D eigenvalue weighted by Gasteiger charge is -2.41. The number of piperidine rings is 1. The molecule has 0 bridgehead atoms. The van der Waals surface area contributed by atoms with Crippen molar-refractivity contribution in [3.05, 3.63) is 0 Å². The van der Waals surface area contributed by atoms with Crippen molar-refractivity contribution in [3.8, 4) is 0 Å². The van der Waals surface area contributed by atoms with Gasteiger partial charge in [-0.2, -0.15) is 0 Å². The molecule has 3 nitrogen and oxygen atoms in total. The minimum absolute atomic E-state index is 0.740. The van der Waals surface area contributed by atoms with Crippen LogP contribution in [0.2, 0.25) is 0 Å². The molecule has 0 amide bonds. The first-order valence-corrected chi connectivity index (χ1v) is 9.12. The highest BCUT2D eigenvalue weighted by Gasteiger charge is 2.35. The maximum Gasteiger partial charge on any atom is 0.0207 e. The Kier molecular flexibility index (Phi) is 4.02. The van der Waals surface area contributed by atoms with Crippen molar-refractivity contribution in [1.82, 2.24) is 15.5 Å². The normalized spacial score (nSPS) is 42.6. The third-order valence-electron chi connectivity index (χ3n) is 6.18. The van der Waals surface area contributed by atoms with E-state index < -0.39 is 0 Å². The van der Waals surface area contributed by atoms with Gasteiger partial charge >= 0.3 is 0 Å². The van der Waals surface area contributed by atoms with Crippen LogP contribution in [0.1, 0.15) is 57.8 Å². The summed E-state index contributed by atoms with van der Waals surface area (Å²) in [5, 5.41) is 7.80. The summed E-state index contributed by atoms with van der Waals surface area (Å²) in [6, 6.07) is 3.30. The van der Waals surface area contributed by atoms with E-state index >= 15 is 0 Å². The minimum Gasteiger partial charge on any atom is -0.311 e. The van der Waals surface area contributed by atoms with Gasteiger partial charge in [0.2, 0.25) is 0 Å². The van der Waals surface area contributed by atoms with Crippen molar-refractivity contribution in [2.75, 3.05) is 19.6 Å². The molecular formula is C17H31N3. The highest BCUT2D eigenvalue weighted by Crippen LogP contribution is 2.32. The molecule has 4 unspecified atom stereocenters. The Hall–Kier alpha value is -0.120. The standard InChI is InChI=1S/C17H31N3/c1-2-4-17-13(3-1)5-6-14(19-17)11-18-15-9-10-20(12-15)16-7-8-16/h13-19H,1-12H2. The van der Waals surface area contributed by atoms with E-state index in [1.54, 1.807) is 0 Å². The van der Waals surface area contributed by atoms with Gasteiger partial charge in [-0.3, -0.25) is 4.90 Å². The smallest absolute Gasteiger partial charge is 0.0207 e. The van der Waals surface area contributed by atoms with Crippen molar-refractivity contribution in [2.24, 2.45) is 5.92 Å². The second-order valence-corrected chi connectivity index (χ2v) is 7.71. The molecule has 2 heterocycles. The molecular weight excluding hydrogens is 246 g/mol. The number of nitrogens with one attached hydrogen (secondary N) is 2.